The van der Waals surface area contributed by atoms with E-state index in [1.807, 2.05) is 6.07 Å². The second-order valence-electron chi connectivity index (χ2n) is 4.48. The molecule has 1 aromatic carbocycles. The first-order valence-electron chi connectivity index (χ1n) is 6.29. The van der Waals surface area contributed by atoms with Crippen LogP contribution in [0.2, 0.25) is 0 Å². The predicted molar refractivity (Wildman–Crippen MR) is 67.7 cm³/mol. The fourth-order valence-corrected chi connectivity index (χ4v) is 2.20. The van der Waals surface area contributed by atoms with Crippen LogP contribution >= 0.6 is 0 Å². The zero-order chi connectivity index (χ0) is 12.8. The molecule has 0 radical (unpaired) electrons. The molecule has 0 bridgehead atoms. The van der Waals surface area contributed by atoms with Gasteiger partial charge in [-0.05, 0) is 25.7 Å². The summed E-state index contributed by atoms with van der Waals surface area (Å²) in [6.07, 6.45) is 5.15. The lowest BCUT2D eigenvalue weighted by Crippen LogP contribution is -2.26. The van der Waals surface area contributed by atoms with E-state index in [0.717, 1.165) is 25.7 Å². The Hall–Kier alpha value is -1.84. The normalized spacial score (nSPS) is 17.4. The van der Waals surface area contributed by atoms with Crippen molar-refractivity contribution in [2.24, 2.45) is 5.16 Å². The van der Waals surface area contributed by atoms with Crippen molar-refractivity contribution < 1.29 is 14.7 Å². The number of carbonyl (C=O) groups is 1. The van der Waals surface area contributed by atoms with E-state index >= 15 is 0 Å². The van der Waals surface area contributed by atoms with E-state index in [9.17, 15) is 4.79 Å². The highest BCUT2D eigenvalue weighted by Crippen LogP contribution is 2.20. The third-order valence-electron chi connectivity index (χ3n) is 3.17. The molecule has 1 aliphatic carbocycles. The van der Waals surface area contributed by atoms with Gasteiger partial charge in [-0.2, -0.15) is 0 Å². The summed E-state index contributed by atoms with van der Waals surface area (Å²) in [4.78, 5) is 11.9. The lowest BCUT2D eigenvalue weighted by Gasteiger charge is -2.21. The summed E-state index contributed by atoms with van der Waals surface area (Å²) in [5.41, 5.74) is 0.544. The lowest BCUT2D eigenvalue weighted by molar-refractivity contribution is -0.142. The molecule has 0 atom stereocenters. The first-order valence-corrected chi connectivity index (χ1v) is 6.29. The van der Waals surface area contributed by atoms with Crippen molar-refractivity contribution in [3.05, 3.63) is 35.9 Å². The number of hydrogen-bond donors (Lipinski definition) is 1. The largest absolute Gasteiger partial charge is 0.458 e. The number of ether oxygens (including phenoxy) is 1. The number of oxime groups is 1. The standard InChI is InChI=1S/C14H17NO3/c16-14(18-12-9-5-2-6-10-12)13(15-17)11-7-3-1-4-8-11/h1,3-4,7-8,12,17H,2,5-6,9-10H2/b15-13-. The molecule has 1 fully saturated rings. The molecule has 2 rings (SSSR count). The van der Waals surface area contributed by atoms with Gasteiger partial charge in [0.15, 0.2) is 5.71 Å². The summed E-state index contributed by atoms with van der Waals surface area (Å²) in [6.45, 7) is 0. The molecule has 4 nitrogen and oxygen atoms in total. The van der Waals surface area contributed by atoms with Crippen molar-refractivity contribution in [3.63, 3.8) is 0 Å². The molecule has 0 aliphatic heterocycles. The second kappa shape index (κ2) is 6.19. The summed E-state index contributed by atoms with van der Waals surface area (Å²) in [6, 6.07) is 8.85. The smallest absolute Gasteiger partial charge is 0.361 e. The van der Waals surface area contributed by atoms with Gasteiger partial charge in [-0.3, -0.25) is 0 Å². The number of esters is 1. The minimum absolute atomic E-state index is 0.0267. The molecule has 0 heterocycles. The Morgan fingerprint density at radius 1 is 1.17 bits per heavy atom. The van der Waals surface area contributed by atoms with Gasteiger partial charge in [0.05, 0.1) is 0 Å². The molecule has 18 heavy (non-hydrogen) atoms. The maximum Gasteiger partial charge on any atom is 0.361 e. The van der Waals surface area contributed by atoms with Crippen LogP contribution in [0.1, 0.15) is 37.7 Å². The van der Waals surface area contributed by atoms with Gasteiger partial charge in [0.25, 0.3) is 0 Å². The van der Waals surface area contributed by atoms with Crippen molar-refractivity contribution in [1.29, 1.82) is 0 Å². The molecule has 0 spiro atoms. The Bertz CT molecular complexity index is 422. The van der Waals surface area contributed by atoms with Gasteiger partial charge < -0.3 is 9.94 Å². The highest BCUT2D eigenvalue weighted by atomic mass is 16.5. The maximum atomic E-state index is 11.9. The topological polar surface area (TPSA) is 58.9 Å². The van der Waals surface area contributed by atoms with Crippen LogP contribution < -0.4 is 0 Å². The van der Waals surface area contributed by atoms with Gasteiger partial charge in [0.1, 0.15) is 6.10 Å². The minimum Gasteiger partial charge on any atom is -0.458 e. The first kappa shape index (κ1) is 12.6. The van der Waals surface area contributed by atoms with Crippen LogP contribution in [0.3, 0.4) is 0 Å². The monoisotopic (exact) mass is 247 g/mol. The van der Waals surface area contributed by atoms with Crippen LogP contribution in [0, 0.1) is 0 Å². The molecule has 1 saturated carbocycles. The average Bonchev–Trinajstić information content (AvgIpc) is 2.42. The molecule has 4 heteroatoms. The van der Waals surface area contributed by atoms with Crippen molar-refractivity contribution >= 4 is 11.7 Å². The number of benzene rings is 1. The van der Waals surface area contributed by atoms with Gasteiger partial charge in [-0.25, -0.2) is 4.79 Å². The first-order chi connectivity index (χ1) is 8.81. The molecule has 1 aromatic rings. The Morgan fingerprint density at radius 2 is 1.83 bits per heavy atom. The van der Waals surface area contributed by atoms with E-state index in [0.29, 0.717) is 5.56 Å². The van der Waals surface area contributed by atoms with Crippen molar-refractivity contribution in [1.82, 2.24) is 0 Å². The molecule has 0 saturated heterocycles. The average molecular weight is 247 g/mol. The van der Waals surface area contributed by atoms with E-state index in [1.165, 1.54) is 6.42 Å². The Morgan fingerprint density at radius 3 is 2.44 bits per heavy atom. The Kier molecular flexibility index (Phi) is 4.34. The summed E-state index contributed by atoms with van der Waals surface area (Å²) in [7, 11) is 0. The number of nitrogens with zero attached hydrogens (tertiary/aromatic N) is 1. The van der Waals surface area contributed by atoms with Crippen LogP contribution in [-0.2, 0) is 9.53 Å². The molecule has 0 amide bonds. The SMILES string of the molecule is O=C(OC1CCCCC1)/C(=N\O)c1ccccc1. The maximum absolute atomic E-state index is 11.9. The van der Waals surface area contributed by atoms with E-state index < -0.39 is 5.97 Å². The van der Waals surface area contributed by atoms with Crippen molar-refractivity contribution in [2.45, 2.75) is 38.2 Å². The molecule has 1 N–H and O–H groups in total. The van der Waals surface area contributed by atoms with Gasteiger partial charge in [0.2, 0.25) is 0 Å². The van der Waals surface area contributed by atoms with E-state index in [2.05, 4.69) is 5.16 Å². The second-order valence-corrected chi connectivity index (χ2v) is 4.48. The zero-order valence-corrected chi connectivity index (χ0v) is 10.2. The molecular weight excluding hydrogens is 230 g/mol. The lowest BCUT2D eigenvalue weighted by atomic mass is 9.98. The molecule has 1 aliphatic rings. The van der Waals surface area contributed by atoms with E-state index in [4.69, 9.17) is 9.94 Å². The van der Waals surface area contributed by atoms with Gasteiger partial charge in [-0.1, -0.05) is 41.9 Å². The molecule has 0 unspecified atom stereocenters. The highest BCUT2D eigenvalue weighted by Gasteiger charge is 2.22. The van der Waals surface area contributed by atoms with Crippen LogP contribution in [0.15, 0.2) is 35.5 Å². The minimum atomic E-state index is -0.546. The van der Waals surface area contributed by atoms with Gasteiger partial charge in [-0.15, -0.1) is 0 Å². The Balaban J connectivity index is 2.02. The van der Waals surface area contributed by atoms with Crippen LogP contribution in [0.5, 0.6) is 0 Å². The molecule has 96 valence electrons. The quantitative estimate of drug-likeness (QED) is 0.386. The van der Waals surface area contributed by atoms with Gasteiger partial charge >= 0.3 is 5.97 Å². The summed E-state index contributed by atoms with van der Waals surface area (Å²) in [5, 5.41) is 12.0. The van der Waals surface area contributed by atoms with Crippen LogP contribution in [0.4, 0.5) is 0 Å². The Labute approximate surface area is 106 Å². The van der Waals surface area contributed by atoms with E-state index in [1.54, 1.807) is 24.3 Å². The van der Waals surface area contributed by atoms with E-state index in [-0.39, 0.29) is 11.8 Å². The van der Waals surface area contributed by atoms with Crippen LogP contribution in [0.25, 0.3) is 0 Å². The van der Waals surface area contributed by atoms with Gasteiger partial charge in [0, 0.05) is 5.56 Å². The number of carbonyl (C=O) groups excluding carboxylic acids is 1. The fourth-order valence-electron chi connectivity index (χ4n) is 2.20. The zero-order valence-electron chi connectivity index (χ0n) is 10.2. The van der Waals surface area contributed by atoms with Crippen molar-refractivity contribution in [2.75, 3.05) is 0 Å². The van der Waals surface area contributed by atoms with Crippen LogP contribution in [-0.4, -0.2) is 23.0 Å². The summed E-state index contributed by atoms with van der Waals surface area (Å²) >= 11 is 0. The molecular formula is C14H17NO3. The third kappa shape index (κ3) is 3.09. The summed E-state index contributed by atoms with van der Waals surface area (Å²) < 4.78 is 5.37. The molecule has 0 aromatic heterocycles. The highest BCUT2D eigenvalue weighted by molar-refractivity contribution is 6.43. The predicted octanol–water partition coefficient (Wildman–Crippen LogP) is 2.74. The third-order valence-corrected chi connectivity index (χ3v) is 3.17. The number of rotatable bonds is 3. The van der Waals surface area contributed by atoms with Crippen molar-refractivity contribution in [3.8, 4) is 0 Å². The fraction of sp³-hybridized carbons (Fsp3) is 0.429. The number of hydrogen-bond acceptors (Lipinski definition) is 4. The summed E-state index contributed by atoms with van der Waals surface area (Å²) in [5.74, 6) is -0.546.